The molecule has 1 N–H and O–H groups in total. The fourth-order valence-corrected chi connectivity index (χ4v) is 3.38. The lowest BCUT2D eigenvalue weighted by Crippen LogP contribution is -2.15. The molecule has 0 heterocycles. The Morgan fingerprint density at radius 1 is 1.64 bits per heavy atom. The van der Waals surface area contributed by atoms with Gasteiger partial charge in [-0.05, 0) is 18.8 Å². The number of nitrogens with one attached hydrogen (secondary N) is 1. The zero-order valence-electron chi connectivity index (χ0n) is 7.30. The molecule has 0 amide bonds. The number of hydrogen-bond acceptors (Lipinski definition) is 2. The molecular formula is C8H17NOS. The lowest BCUT2D eigenvalue weighted by Gasteiger charge is -2.10. The first-order chi connectivity index (χ1) is 5.06. The zero-order valence-corrected chi connectivity index (χ0v) is 8.12. The third kappa shape index (κ3) is 2.47. The van der Waals surface area contributed by atoms with Crippen molar-refractivity contribution in [1.82, 2.24) is 0 Å². The number of rotatable bonds is 4. The first-order valence-corrected chi connectivity index (χ1v) is 6.10. The van der Waals surface area contributed by atoms with E-state index in [1.807, 2.05) is 0 Å². The van der Waals surface area contributed by atoms with Crippen LogP contribution in [-0.4, -0.2) is 15.2 Å². The quantitative estimate of drug-likeness (QED) is 0.699. The highest BCUT2D eigenvalue weighted by Gasteiger charge is 2.32. The fraction of sp³-hybridized carbons (Fsp3) is 1.00. The summed E-state index contributed by atoms with van der Waals surface area (Å²) in [4.78, 5) is 0. The van der Waals surface area contributed by atoms with E-state index in [0.29, 0.717) is 11.7 Å². The van der Waals surface area contributed by atoms with Crippen molar-refractivity contribution in [3.05, 3.63) is 0 Å². The van der Waals surface area contributed by atoms with Crippen molar-refractivity contribution in [3.8, 4) is 0 Å². The van der Waals surface area contributed by atoms with Crippen molar-refractivity contribution in [2.45, 2.75) is 38.4 Å². The van der Waals surface area contributed by atoms with Crippen LogP contribution >= 0.6 is 0 Å². The third-order valence-corrected chi connectivity index (χ3v) is 4.90. The molecular weight excluding hydrogens is 158 g/mol. The second kappa shape index (κ2) is 3.13. The van der Waals surface area contributed by atoms with Crippen molar-refractivity contribution < 1.29 is 4.21 Å². The van der Waals surface area contributed by atoms with Gasteiger partial charge in [0.25, 0.3) is 0 Å². The van der Waals surface area contributed by atoms with E-state index in [9.17, 15) is 4.21 Å². The Kier molecular flexibility index (Phi) is 2.58. The molecule has 0 radical (unpaired) electrons. The van der Waals surface area contributed by atoms with Crippen LogP contribution < -0.4 is 0 Å². The molecule has 66 valence electrons. The van der Waals surface area contributed by atoms with Gasteiger partial charge in [-0.2, -0.15) is 0 Å². The first-order valence-electron chi connectivity index (χ1n) is 4.31. The maximum absolute atomic E-state index is 11.6. The average Bonchev–Trinajstić information content (AvgIpc) is 2.66. The smallest absolute Gasteiger partial charge is 0.0473 e. The Bertz CT molecular complexity index is 216. The maximum Gasteiger partial charge on any atom is 0.0473 e. The van der Waals surface area contributed by atoms with Gasteiger partial charge in [-0.25, -0.2) is 4.21 Å². The Morgan fingerprint density at radius 2 is 2.18 bits per heavy atom. The lowest BCUT2D eigenvalue weighted by molar-refractivity contribution is 0.609. The predicted molar refractivity (Wildman–Crippen MR) is 48.2 cm³/mol. The summed E-state index contributed by atoms with van der Waals surface area (Å²) < 4.78 is 19.2. The number of hydrogen-bond donors (Lipinski definition) is 1. The molecule has 0 bridgehead atoms. The van der Waals surface area contributed by atoms with Crippen LogP contribution in [0.4, 0.5) is 0 Å². The van der Waals surface area contributed by atoms with Gasteiger partial charge < -0.3 is 0 Å². The highest BCUT2D eigenvalue weighted by Crippen LogP contribution is 2.30. The molecule has 0 spiro atoms. The van der Waals surface area contributed by atoms with Crippen molar-refractivity contribution in [2.24, 2.45) is 5.92 Å². The minimum absolute atomic E-state index is 0.247. The topological polar surface area (TPSA) is 40.9 Å². The second-order valence-corrected chi connectivity index (χ2v) is 6.06. The summed E-state index contributed by atoms with van der Waals surface area (Å²) in [6, 6.07) is 0. The van der Waals surface area contributed by atoms with Gasteiger partial charge in [-0.15, -0.1) is 0 Å². The zero-order chi connectivity index (χ0) is 8.48. The minimum Gasteiger partial charge on any atom is -0.253 e. The van der Waals surface area contributed by atoms with Gasteiger partial charge in [-0.3, -0.25) is 4.78 Å². The van der Waals surface area contributed by atoms with Crippen LogP contribution in [0.15, 0.2) is 0 Å². The summed E-state index contributed by atoms with van der Waals surface area (Å²) >= 11 is 0. The van der Waals surface area contributed by atoms with E-state index >= 15 is 0 Å². The normalized spacial score (nSPS) is 26.0. The molecule has 1 aliphatic rings. The van der Waals surface area contributed by atoms with Gasteiger partial charge in [0.15, 0.2) is 0 Å². The van der Waals surface area contributed by atoms with E-state index in [1.54, 1.807) is 0 Å². The van der Waals surface area contributed by atoms with Crippen molar-refractivity contribution in [2.75, 3.05) is 5.75 Å². The van der Waals surface area contributed by atoms with E-state index in [0.717, 1.165) is 19.3 Å². The molecule has 11 heavy (non-hydrogen) atoms. The van der Waals surface area contributed by atoms with E-state index in [2.05, 4.69) is 13.8 Å². The van der Waals surface area contributed by atoms with E-state index in [4.69, 9.17) is 4.78 Å². The highest BCUT2D eigenvalue weighted by molar-refractivity contribution is 7.93. The Morgan fingerprint density at radius 3 is 2.55 bits per heavy atom. The van der Waals surface area contributed by atoms with E-state index in [1.165, 1.54) is 0 Å². The summed E-state index contributed by atoms with van der Waals surface area (Å²) in [5.74, 6) is 1.08. The molecule has 1 saturated carbocycles. The van der Waals surface area contributed by atoms with Gasteiger partial charge in [0, 0.05) is 20.7 Å². The Hall–Kier alpha value is -0.0500. The first kappa shape index (κ1) is 9.04. The molecule has 3 heteroatoms. The standard InChI is InChI=1S/C8H17NOS/c1-3-7(2)6-11(9,10)8-4-5-8/h7-9H,3-6H2,1-2H3/t7-,11+/m1/s1. The van der Waals surface area contributed by atoms with Gasteiger partial charge >= 0.3 is 0 Å². The Labute approximate surface area is 69.4 Å². The summed E-state index contributed by atoms with van der Waals surface area (Å²) in [6.45, 7) is 4.17. The minimum atomic E-state index is -2.20. The van der Waals surface area contributed by atoms with Crippen LogP contribution in [0.3, 0.4) is 0 Å². The molecule has 0 unspecified atom stereocenters. The summed E-state index contributed by atoms with van der Waals surface area (Å²) in [6.07, 6.45) is 3.10. The van der Waals surface area contributed by atoms with Crippen molar-refractivity contribution >= 4 is 9.73 Å². The molecule has 2 nitrogen and oxygen atoms in total. The highest BCUT2D eigenvalue weighted by atomic mass is 32.2. The van der Waals surface area contributed by atoms with Crippen LogP contribution in [0, 0.1) is 10.7 Å². The van der Waals surface area contributed by atoms with Gasteiger partial charge in [0.05, 0.1) is 0 Å². The molecule has 1 fully saturated rings. The fourth-order valence-electron chi connectivity index (χ4n) is 1.13. The molecule has 0 aliphatic heterocycles. The molecule has 1 rings (SSSR count). The molecule has 0 aromatic heterocycles. The summed E-state index contributed by atoms with van der Waals surface area (Å²) in [7, 11) is -2.20. The monoisotopic (exact) mass is 175 g/mol. The molecule has 0 aromatic rings. The van der Waals surface area contributed by atoms with Crippen LogP contribution in [0.1, 0.15) is 33.1 Å². The molecule has 0 saturated heterocycles. The van der Waals surface area contributed by atoms with Crippen LogP contribution in [0.25, 0.3) is 0 Å². The predicted octanol–water partition coefficient (Wildman–Crippen LogP) is 2.24. The molecule has 1 aliphatic carbocycles. The van der Waals surface area contributed by atoms with E-state index < -0.39 is 9.73 Å². The van der Waals surface area contributed by atoms with Gasteiger partial charge in [0.2, 0.25) is 0 Å². The van der Waals surface area contributed by atoms with Crippen molar-refractivity contribution in [3.63, 3.8) is 0 Å². The summed E-state index contributed by atoms with van der Waals surface area (Å²) in [5.41, 5.74) is 0. The van der Waals surface area contributed by atoms with E-state index in [-0.39, 0.29) is 5.25 Å². The largest absolute Gasteiger partial charge is 0.253 e. The van der Waals surface area contributed by atoms with Gasteiger partial charge in [0.1, 0.15) is 0 Å². The molecule has 0 aromatic carbocycles. The summed E-state index contributed by atoms with van der Waals surface area (Å²) in [5, 5.41) is 0.247. The average molecular weight is 175 g/mol. The van der Waals surface area contributed by atoms with Crippen LogP contribution in [-0.2, 0) is 9.73 Å². The van der Waals surface area contributed by atoms with Crippen LogP contribution in [0.2, 0.25) is 0 Å². The lowest BCUT2D eigenvalue weighted by atomic mass is 10.2. The SMILES string of the molecule is CC[C@@H](C)C[S@](=N)(=O)C1CC1. The Balaban J connectivity index is 2.46. The second-order valence-electron chi connectivity index (χ2n) is 3.61. The van der Waals surface area contributed by atoms with Crippen molar-refractivity contribution in [1.29, 1.82) is 4.78 Å². The maximum atomic E-state index is 11.6. The van der Waals surface area contributed by atoms with Gasteiger partial charge in [-0.1, -0.05) is 20.3 Å². The van der Waals surface area contributed by atoms with Crippen LogP contribution in [0.5, 0.6) is 0 Å². The third-order valence-electron chi connectivity index (χ3n) is 2.29. The molecule has 2 atom stereocenters.